The molecule has 7 nitrogen and oxygen atoms in total. The van der Waals surface area contributed by atoms with Crippen molar-refractivity contribution in [1.82, 2.24) is 15.2 Å². The van der Waals surface area contributed by atoms with Crippen LogP contribution in [0.3, 0.4) is 0 Å². The van der Waals surface area contributed by atoms with Crippen molar-refractivity contribution in [3.8, 4) is 0 Å². The monoisotopic (exact) mass is 299 g/mol. The lowest BCUT2D eigenvalue weighted by atomic mass is 10.5. The van der Waals surface area contributed by atoms with Gasteiger partial charge < -0.3 is 20.1 Å². The van der Waals surface area contributed by atoms with Gasteiger partial charge in [-0.25, -0.2) is 14.6 Å². The zero-order chi connectivity index (χ0) is 15.0. The second-order valence-electron chi connectivity index (χ2n) is 3.82. The minimum absolute atomic E-state index is 0.0124. The quantitative estimate of drug-likeness (QED) is 0.703. The Hall–Kier alpha value is -1.93. The fourth-order valence-corrected chi connectivity index (χ4v) is 2.09. The first kappa shape index (κ1) is 16.1. The van der Waals surface area contributed by atoms with Crippen LogP contribution in [-0.4, -0.2) is 53.8 Å². The Morgan fingerprint density at radius 3 is 2.95 bits per heavy atom. The second kappa shape index (κ2) is 8.28. The number of urea groups is 1. The number of carbonyl (C=O) groups excluding carboxylic acids is 1. The number of nitrogens with zero attached hydrogens (tertiary/aromatic N) is 2. The van der Waals surface area contributed by atoms with E-state index in [1.165, 1.54) is 16.7 Å². The average molecular weight is 299 g/mol. The largest absolute Gasteiger partial charge is 0.476 e. The molecular formula is C12H17N3O4S. The van der Waals surface area contributed by atoms with Gasteiger partial charge >= 0.3 is 12.0 Å². The molecule has 20 heavy (non-hydrogen) atoms. The normalized spacial score (nSPS) is 10.1. The van der Waals surface area contributed by atoms with Crippen LogP contribution >= 0.6 is 11.3 Å². The highest BCUT2D eigenvalue weighted by Gasteiger charge is 2.13. The van der Waals surface area contributed by atoms with Crippen molar-refractivity contribution < 1.29 is 19.4 Å². The van der Waals surface area contributed by atoms with Gasteiger partial charge in [0.05, 0.1) is 13.2 Å². The summed E-state index contributed by atoms with van der Waals surface area (Å²) in [6.45, 7) is 5.08. The first-order chi connectivity index (χ1) is 9.58. The predicted octanol–water partition coefficient (Wildman–Crippen LogP) is 1.19. The minimum atomic E-state index is -1.08. The summed E-state index contributed by atoms with van der Waals surface area (Å²) < 4.78 is 4.93. The summed E-state index contributed by atoms with van der Waals surface area (Å²) in [5.74, 6) is -1.08. The molecule has 2 N–H and O–H groups in total. The van der Waals surface area contributed by atoms with E-state index in [4.69, 9.17) is 9.84 Å². The Morgan fingerprint density at radius 1 is 1.65 bits per heavy atom. The summed E-state index contributed by atoms with van der Waals surface area (Å²) in [6, 6.07) is -0.269. The molecule has 8 heteroatoms. The summed E-state index contributed by atoms with van der Waals surface area (Å²) in [5.41, 5.74) is -0.0124. The Labute approximate surface area is 120 Å². The zero-order valence-electron chi connectivity index (χ0n) is 11.2. The third kappa shape index (κ3) is 4.98. The van der Waals surface area contributed by atoms with Gasteiger partial charge in [-0.1, -0.05) is 6.08 Å². The molecule has 0 unspecified atom stereocenters. The Kier molecular flexibility index (Phi) is 6.68. The number of thiazole rings is 1. The Morgan fingerprint density at radius 2 is 2.40 bits per heavy atom. The highest BCUT2D eigenvalue weighted by atomic mass is 32.1. The first-order valence-corrected chi connectivity index (χ1v) is 6.76. The van der Waals surface area contributed by atoms with Crippen LogP contribution in [0.1, 0.15) is 15.5 Å². The summed E-state index contributed by atoms with van der Waals surface area (Å²) >= 11 is 1.19. The van der Waals surface area contributed by atoms with Gasteiger partial charge in [0.1, 0.15) is 5.01 Å². The van der Waals surface area contributed by atoms with Gasteiger partial charge in [0.15, 0.2) is 5.69 Å². The molecule has 1 aromatic heterocycles. The van der Waals surface area contributed by atoms with Crippen molar-refractivity contribution >= 4 is 23.3 Å². The number of hydrogen-bond acceptors (Lipinski definition) is 5. The number of aromatic carboxylic acids is 1. The summed E-state index contributed by atoms with van der Waals surface area (Å²) in [5, 5.41) is 13.4. The van der Waals surface area contributed by atoms with E-state index in [0.717, 1.165) is 0 Å². The number of nitrogens with one attached hydrogen (secondary N) is 1. The average Bonchev–Trinajstić information content (AvgIpc) is 2.90. The maximum Gasteiger partial charge on any atom is 0.355 e. The van der Waals surface area contributed by atoms with Crippen molar-refractivity contribution in [3.63, 3.8) is 0 Å². The van der Waals surface area contributed by atoms with Crippen molar-refractivity contribution in [2.45, 2.75) is 6.54 Å². The van der Waals surface area contributed by atoms with E-state index in [2.05, 4.69) is 16.9 Å². The molecule has 0 aliphatic carbocycles. The summed E-state index contributed by atoms with van der Waals surface area (Å²) in [4.78, 5) is 28.0. The molecule has 110 valence electrons. The highest BCUT2D eigenvalue weighted by Crippen LogP contribution is 2.09. The molecule has 1 heterocycles. The lowest BCUT2D eigenvalue weighted by molar-refractivity contribution is 0.0691. The predicted molar refractivity (Wildman–Crippen MR) is 75.0 cm³/mol. The molecule has 2 amide bonds. The third-order valence-corrected chi connectivity index (χ3v) is 3.21. The van der Waals surface area contributed by atoms with Crippen molar-refractivity contribution in [3.05, 3.63) is 28.7 Å². The molecule has 0 aliphatic heterocycles. The van der Waals surface area contributed by atoms with Crippen molar-refractivity contribution in [1.29, 1.82) is 0 Å². The number of amides is 2. The van der Waals surface area contributed by atoms with E-state index in [1.807, 2.05) is 0 Å². The number of carbonyl (C=O) groups is 2. The van der Waals surface area contributed by atoms with Gasteiger partial charge in [-0.15, -0.1) is 17.9 Å². The maximum atomic E-state index is 11.9. The number of methoxy groups -OCH3 is 1. The zero-order valence-corrected chi connectivity index (χ0v) is 12.0. The summed E-state index contributed by atoms with van der Waals surface area (Å²) in [6.07, 6.45) is 1.63. The molecule has 0 radical (unpaired) electrons. The molecule has 1 rings (SSSR count). The lowest BCUT2D eigenvalue weighted by Crippen LogP contribution is -2.41. The van der Waals surface area contributed by atoms with Crippen LogP contribution in [0.15, 0.2) is 18.0 Å². The van der Waals surface area contributed by atoms with E-state index in [0.29, 0.717) is 24.7 Å². The van der Waals surface area contributed by atoms with Crippen LogP contribution in [0.2, 0.25) is 0 Å². The van der Waals surface area contributed by atoms with E-state index in [1.54, 1.807) is 18.1 Å². The number of aromatic nitrogens is 1. The maximum absolute atomic E-state index is 11.9. The first-order valence-electron chi connectivity index (χ1n) is 5.88. The van der Waals surface area contributed by atoms with E-state index in [-0.39, 0.29) is 18.3 Å². The van der Waals surface area contributed by atoms with Crippen LogP contribution in [-0.2, 0) is 11.3 Å². The van der Waals surface area contributed by atoms with Gasteiger partial charge in [-0.3, -0.25) is 0 Å². The van der Waals surface area contributed by atoms with Gasteiger partial charge in [-0.2, -0.15) is 0 Å². The third-order valence-electron chi connectivity index (χ3n) is 2.36. The van der Waals surface area contributed by atoms with Crippen LogP contribution in [0.5, 0.6) is 0 Å². The molecule has 0 spiro atoms. The fraction of sp³-hybridized carbons (Fsp3) is 0.417. The number of carboxylic acids is 1. The number of hydrogen-bond donors (Lipinski definition) is 2. The lowest BCUT2D eigenvalue weighted by Gasteiger charge is -2.20. The van der Waals surface area contributed by atoms with Crippen molar-refractivity contribution in [2.24, 2.45) is 0 Å². The molecule has 0 saturated heterocycles. The Bertz CT molecular complexity index is 475. The van der Waals surface area contributed by atoms with Crippen LogP contribution in [0.25, 0.3) is 0 Å². The fourth-order valence-electron chi connectivity index (χ4n) is 1.39. The topological polar surface area (TPSA) is 91.8 Å². The van der Waals surface area contributed by atoms with Crippen LogP contribution in [0.4, 0.5) is 4.79 Å². The summed E-state index contributed by atoms with van der Waals surface area (Å²) in [7, 11) is 1.56. The molecular weight excluding hydrogens is 282 g/mol. The van der Waals surface area contributed by atoms with Gasteiger partial charge in [0, 0.05) is 25.6 Å². The highest BCUT2D eigenvalue weighted by molar-refractivity contribution is 7.09. The molecule has 0 fully saturated rings. The minimum Gasteiger partial charge on any atom is -0.476 e. The molecule has 0 bridgehead atoms. The second-order valence-corrected chi connectivity index (χ2v) is 4.76. The molecule has 0 saturated carbocycles. The van der Waals surface area contributed by atoms with Crippen LogP contribution < -0.4 is 5.32 Å². The molecule has 1 aromatic rings. The smallest absolute Gasteiger partial charge is 0.355 e. The molecule has 0 aliphatic rings. The number of ether oxygens (including phenoxy) is 1. The Balaban J connectivity index is 2.50. The van der Waals surface area contributed by atoms with E-state index in [9.17, 15) is 9.59 Å². The SMILES string of the molecule is C=CCN(CCOC)C(=O)NCc1nc(C(=O)O)cs1. The van der Waals surface area contributed by atoms with Crippen LogP contribution in [0, 0.1) is 0 Å². The van der Waals surface area contributed by atoms with Gasteiger partial charge in [-0.05, 0) is 0 Å². The van der Waals surface area contributed by atoms with Gasteiger partial charge in [0.25, 0.3) is 0 Å². The van der Waals surface area contributed by atoms with Gasteiger partial charge in [0.2, 0.25) is 0 Å². The van der Waals surface area contributed by atoms with E-state index < -0.39 is 5.97 Å². The number of rotatable bonds is 8. The molecule has 0 aromatic carbocycles. The number of carboxylic acid groups (broad SMARTS) is 1. The standard InChI is InChI=1S/C12H17N3O4S/c1-3-4-15(5-6-19-2)12(18)13-7-10-14-9(8-20-10)11(16)17/h3,8H,1,4-7H2,2H3,(H,13,18)(H,16,17). The van der Waals surface area contributed by atoms with Crippen molar-refractivity contribution in [2.75, 3.05) is 26.8 Å². The molecule has 0 atom stereocenters. The van der Waals surface area contributed by atoms with E-state index >= 15 is 0 Å².